The number of alkyl halides is 3. The lowest BCUT2D eigenvalue weighted by Crippen LogP contribution is -2.20. The summed E-state index contributed by atoms with van der Waals surface area (Å²) < 4.78 is 53.4. The monoisotopic (exact) mass is 597 g/mol. The van der Waals surface area contributed by atoms with Crippen LogP contribution in [0.5, 0.6) is 11.5 Å². The summed E-state index contributed by atoms with van der Waals surface area (Å²) in [4.78, 5) is 27.0. The number of halogens is 4. The molecule has 10 heteroatoms. The molecule has 0 unspecified atom stereocenters. The summed E-state index contributed by atoms with van der Waals surface area (Å²) in [7, 11) is 1.52. The highest BCUT2D eigenvalue weighted by molar-refractivity contribution is 9.10. The van der Waals surface area contributed by atoms with E-state index in [0.29, 0.717) is 26.9 Å². The fraction of sp³-hybridized carbons (Fsp3) is 0.103. The summed E-state index contributed by atoms with van der Waals surface area (Å²) >= 11 is 3.46. The van der Waals surface area contributed by atoms with Crippen molar-refractivity contribution in [2.45, 2.75) is 12.8 Å². The number of ether oxygens (including phenoxy) is 2. The van der Waals surface area contributed by atoms with Crippen molar-refractivity contribution in [1.82, 2.24) is 4.57 Å². The van der Waals surface area contributed by atoms with Crippen LogP contribution >= 0.6 is 15.9 Å². The minimum atomic E-state index is -4.62. The molecule has 0 amide bonds. The van der Waals surface area contributed by atoms with Crippen LogP contribution in [0.25, 0.3) is 27.2 Å². The number of carbonyl (C=O) groups is 1. The molecule has 0 aliphatic rings. The molecule has 0 fully saturated rings. The summed E-state index contributed by atoms with van der Waals surface area (Å²) in [5.74, 6) is -0.497. The average Bonchev–Trinajstić information content (AvgIpc) is 2.93. The van der Waals surface area contributed by atoms with Gasteiger partial charge in [0.25, 0.3) is 5.56 Å². The van der Waals surface area contributed by atoms with E-state index >= 15 is 0 Å². The van der Waals surface area contributed by atoms with Gasteiger partial charge in [0.15, 0.2) is 0 Å². The standard InChI is InChI=1S/C29H19BrF3NO5/c1-38-18-8-6-17(7-9-18)34-14-24(30)22-12-16(15-35)13-25(26(22)27(34)36)39-28(37)21-10-11-23(29(31,32)33)20-5-3-2-4-19(20)21/h2-14,35H,15H2,1H3. The molecule has 5 aromatic rings. The number of carbonyl (C=O) groups excluding carboxylic acids is 1. The molecular formula is C29H19BrF3NO5. The van der Waals surface area contributed by atoms with Gasteiger partial charge >= 0.3 is 12.1 Å². The lowest BCUT2D eigenvalue weighted by atomic mass is 9.99. The quantitative estimate of drug-likeness (QED) is 0.181. The van der Waals surface area contributed by atoms with Crippen LogP contribution < -0.4 is 15.0 Å². The maximum atomic E-state index is 13.7. The third-order valence-corrected chi connectivity index (χ3v) is 6.91. The SMILES string of the molecule is COc1ccc(-n2cc(Br)c3cc(CO)cc(OC(=O)c4ccc(C(F)(F)F)c5ccccc45)c3c2=O)cc1. The van der Waals surface area contributed by atoms with Crippen LogP contribution in [0.3, 0.4) is 0 Å². The van der Waals surface area contributed by atoms with E-state index in [4.69, 9.17) is 9.47 Å². The van der Waals surface area contributed by atoms with Crippen LogP contribution in [0.15, 0.2) is 88.3 Å². The van der Waals surface area contributed by atoms with Crippen molar-refractivity contribution in [2.24, 2.45) is 0 Å². The van der Waals surface area contributed by atoms with E-state index in [1.807, 2.05) is 0 Å². The first kappa shape index (κ1) is 26.5. The van der Waals surface area contributed by atoms with E-state index in [2.05, 4.69) is 15.9 Å². The molecule has 0 aliphatic heterocycles. The van der Waals surface area contributed by atoms with Crippen LogP contribution in [-0.4, -0.2) is 22.8 Å². The summed E-state index contributed by atoms with van der Waals surface area (Å²) in [6.07, 6.45) is -3.06. The second-order valence-electron chi connectivity index (χ2n) is 8.62. The molecule has 0 saturated carbocycles. The van der Waals surface area contributed by atoms with Gasteiger partial charge in [-0.2, -0.15) is 13.2 Å². The van der Waals surface area contributed by atoms with Crippen molar-refractivity contribution in [3.05, 3.63) is 111 Å². The number of hydrogen-bond acceptors (Lipinski definition) is 5. The van der Waals surface area contributed by atoms with Crippen molar-refractivity contribution >= 4 is 43.4 Å². The fourth-order valence-corrected chi connectivity index (χ4v) is 4.95. The van der Waals surface area contributed by atoms with Crippen molar-refractivity contribution in [3.63, 3.8) is 0 Å². The number of aromatic nitrogens is 1. The normalized spacial score (nSPS) is 11.6. The van der Waals surface area contributed by atoms with Gasteiger partial charge in [0.05, 0.1) is 30.2 Å². The van der Waals surface area contributed by atoms with E-state index in [1.54, 1.807) is 36.5 Å². The molecular weight excluding hydrogens is 579 g/mol. The first-order valence-corrected chi connectivity index (χ1v) is 12.4. The predicted octanol–water partition coefficient (Wildman–Crippen LogP) is 6.65. The lowest BCUT2D eigenvalue weighted by molar-refractivity contribution is -0.136. The zero-order valence-electron chi connectivity index (χ0n) is 20.3. The first-order valence-electron chi connectivity index (χ1n) is 11.6. The highest BCUT2D eigenvalue weighted by Crippen LogP contribution is 2.37. The molecule has 198 valence electrons. The molecule has 1 aromatic heterocycles. The maximum Gasteiger partial charge on any atom is 0.417 e. The van der Waals surface area contributed by atoms with E-state index < -0.39 is 29.9 Å². The Bertz CT molecular complexity index is 1800. The van der Waals surface area contributed by atoms with E-state index in [0.717, 1.165) is 12.1 Å². The number of nitrogens with zero attached hydrogens (tertiary/aromatic N) is 1. The Morgan fingerprint density at radius 2 is 1.67 bits per heavy atom. The third-order valence-electron chi connectivity index (χ3n) is 6.28. The Labute approximate surface area is 228 Å². The number of methoxy groups -OCH3 is 1. The molecule has 5 rings (SSSR count). The summed E-state index contributed by atoms with van der Waals surface area (Å²) in [5.41, 5.74) is -0.617. The Kier molecular flexibility index (Phi) is 6.92. The Morgan fingerprint density at radius 1 is 0.974 bits per heavy atom. The van der Waals surface area contributed by atoms with Crippen LogP contribution in [0.1, 0.15) is 21.5 Å². The molecule has 0 bridgehead atoms. The van der Waals surface area contributed by atoms with Crippen molar-refractivity contribution in [1.29, 1.82) is 0 Å². The molecule has 1 heterocycles. The summed E-state index contributed by atoms with van der Waals surface area (Å²) in [6, 6.07) is 17.2. The van der Waals surface area contributed by atoms with Gasteiger partial charge in [0.2, 0.25) is 0 Å². The molecule has 0 aliphatic carbocycles. The van der Waals surface area contributed by atoms with E-state index in [1.165, 1.54) is 42.0 Å². The maximum absolute atomic E-state index is 13.7. The van der Waals surface area contributed by atoms with Crippen LogP contribution in [0.2, 0.25) is 0 Å². The van der Waals surface area contributed by atoms with Crippen LogP contribution in [-0.2, 0) is 12.8 Å². The Balaban J connectivity index is 1.67. The van der Waals surface area contributed by atoms with E-state index in [9.17, 15) is 27.9 Å². The third kappa shape index (κ3) is 4.88. The lowest BCUT2D eigenvalue weighted by Gasteiger charge is -2.16. The zero-order valence-corrected chi connectivity index (χ0v) is 21.8. The van der Waals surface area contributed by atoms with Crippen molar-refractivity contribution in [2.75, 3.05) is 7.11 Å². The molecule has 39 heavy (non-hydrogen) atoms. The van der Waals surface area contributed by atoms with Gasteiger partial charge in [-0.05, 0) is 80.8 Å². The van der Waals surface area contributed by atoms with Gasteiger partial charge < -0.3 is 14.6 Å². The number of aliphatic hydroxyl groups excluding tert-OH is 1. The summed E-state index contributed by atoms with van der Waals surface area (Å²) in [6.45, 7) is -0.405. The van der Waals surface area contributed by atoms with Gasteiger partial charge in [-0.1, -0.05) is 24.3 Å². The molecule has 0 spiro atoms. The number of benzene rings is 4. The molecule has 0 radical (unpaired) electrons. The largest absolute Gasteiger partial charge is 0.497 e. The number of rotatable bonds is 5. The second kappa shape index (κ2) is 10.2. The van der Waals surface area contributed by atoms with Crippen molar-refractivity contribution in [3.8, 4) is 17.2 Å². The highest BCUT2D eigenvalue weighted by Gasteiger charge is 2.33. The van der Waals surface area contributed by atoms with Crippen molar-refractivity contribution < 1.29 is 32.5 Å². The fourth-order valence-electron chi connectivity index (χ4n) is 4.43. The molecule has 0 atom stereocenters. The van der Waals surface area contributed by atoms with Gasteiger partial charge in [-0.25, -0.2) is 4.79 Å². The highest BCUT2D eigenvalue weighted by atomic mass is 79.9. The van der Waals surface area contributed by atoms with Gasteiger partial charge in [0, 0.05) is 21.7 Å². The minimum Gasteiger partial charge on any atom is -0.497 e. The molecule has 6 nitrogen and oxygen atoms in total. The Morgan fingerprint density at radius 3 is 2.31 bits per heavy atom. The zero-order chi connectivity index (χ0) is 27.9. The van der Waals surface area contributed by atoms with E-state index in [-0.39, 0.29) is 27.5 Å². The van der Waals surface area contributed by atoms with Crippen LogP contribution in [0, 0.1) is 0 Å². The van der Waals surface area contributed by atoms with Gasteiger partial charge in [-0.3, -0.25) is 9.36 Å². The number of aliphatic hydroxyl groups is 1. The number of esters is 1. The second-order valence-corrected chi connectivity index (χ2v) is 9.47. The molecule has 1 N–H and O–H groups in total. The molecule has 4 aromatic carbocycles. The number of pyridine rings is 1. The number of fused-ring (bicyclic) bond motifs is 2. The smallest absolute Gasteiger partial charge is 0.417 e. The number of hydrogen-bond donors (Lipinski definition) is 1. The average molecular weight is 598 g/mol. The predicted molar refractivity (Wildman–Crippen MR) is 144 cm³/mol. The van der Waals surface area contributed by atoms with Gasteiger partial charge in [-0.15, -0.1) is 0 Å². The Hall–Kier alpha value is -4.15. The molecule has 0 saturated heterocycles. The minimum absolute atomic E-state index is 0.0435. The topological polar surface area (TPSA) is 77.8 Å². The van der Waals surface area contributed by atoms with Gasteiger partial charge in [0.1, 0.15) is 11.5 Å². The van der Waals surface area contributed by atoms with Crippen LogP contribution in [0.4, 0.5) is 13.2 Å². The summed E-state index contributed by atoms with van der Waals surface area (Å²) in [5, 5.41) is 10.1. The first-order chi connectivity index (χ1) is 18.6.